The third-order valence-electron chi connectivity index (χ3n) is 1.39. The molecule has 0 aromatic carbocycles. The topological polar surface area (TPSA) is 0 Å². The fourth-order valence-electron chi connectivity index (χ4n) is 0.803. The van der Waals surface area contributed by atoms with E-state index < -0.39 is 3.25 Å². The molecule has 0 bridgehead atoms. The van der Waals surface area contributed by atoms with Crippen LogP contribution in [0, 0.1) is 5.92 Å². The number of hydrogen-bond acceptors (Lipinski definition) is 0. The Bertz CT molecular complexity index is 90.3. The Labute approximate surface area is 102 Å². The van der Waals surface area contributed by atoms with Crippen LogP contribution in [0.25, 0.3) is 0 Å². The lowest BCUT2D eigenvalue weighted by molar-refractivity contribution is 0.534. The Morgan fingerprint density at radius 3 is 1.62 bits per heavy atom. The Hall–Kier alpha value is 1.16. The van der Waals surface area contributed by atoms with Crippen LogP contribution in [0.2, 0.25) is 0 Å². The SMILES string of the molecule is CCCCCC(C)C.ClC(Cl)(Cl)Cl. The van der Waals surface area contributed by atoms with Crippen molar-refractivity contribution in [1.29, 1.82) is 0 Å². The van der Waals surface area contributed by atoms with E-state index in [1.54, 1.807) is 0 Å². The third-order valence-corrected chi connectivity index (χ3v) is 1.39. The molecule has 0 rings (SSSR count). The molecule has 82 valence electrons. The van der Waals surface area contributed by atoms with Gasteiger partial charge in [-0.1, -0.05) is 92.9 Å². The summed E-state index contributed by atoms with van der Waals surface area (Å²) in [6.45, 7) is 6.83. The zero-order valence-electron chi connectivity index (χ0n) is 8.42. The van der Waals surface area contributed by atoms with E-state index in [-0.39, 0.29) is 0 Å². The Balaban J connectivity index is 0. The van der Waals surface area contributed by atoms with Crippen molar-refractivity contribution >= 4 is 46.4 Å². The molecule has 0 nitrogen and oxygen atoms in total. The molecule has 0 aromatic rings. The monoisotopic (exact) mass is 266 g/mol. The molecule has 0 N–H and O–H groups in total. The van der Waals surface area contributed by atoms with Crippen LogP contribution in [-0.2, 0) is 0 Å². The van der Waals surface area contributed by atoms with Gasteiger partial charge < -0.3 is 0 Å². The van der Waals surface area contributed by atoms with Crippen LogP contribution in [0.4, 0.5) is 0 Å². The molecule has 0 aliphatic carbocycles. The van der Waals surface area contributed by atoms with E-state index in [9.17, 15) is 0 Å². The average Bonchev–Trinajstić information content (AvgIpc) is 1.83. The van der Waals surface area contributed by atoms with E-state index in [1.807, 2.05) is 0 Å². The molecule has 0 spiro atoms. The first-order valence-electron chi connectivity index (χ1n) is 4.53. The normalized spacial score (nSPS) is 11.1. The molecule has 0 radical (unpaired) electrons. The first kappa shape index (κ1) is 16.6. The number of alkyl halides is 4. The van der Waals surface area contributed by atoms with Crippen molar-refractivity contribution in [2.75, 3.05) is 0 Å². The van der Waals surface area contributed by atoms with Gasteiger partial charge in [0.15, 0.2) is 0 Å². The summed E-state index contributed by atoms with van der Waals surface area (Å²) < 4.78 is -1.61. The molecule has 4 heteroatoms. The second kappa shape index (κ2) is 9.71. The quantitative estimate of drug-likeness (QED) is 0.448. The number of hydrogen-bond donors (Lipinski definition) is 0. The van der Waals surface area contributed by atoms with Gasteiger partial charge in [-0.25, -0.2) is 0 Å². The zero-order valence-corrected chi connectivity index (χ0v) is 11.4. The van der Waals surface area contributed by atoms with Crippen LogP contribution in [0.3, 0.4) is 0 Å². The summed E-state index contributed by atoms with van der Waals surface area (Å²) in [5, 5.41) is 0. The van der Waals surface area contributed by atoms with Gasteiger partial charge >= 0.3 is 0 Å². The molecule has 0 amide bonds. The summed E-state index contributed by atoms with van der Waals surface area (Å²) in [5.41, 5.74) is 0. The van der Waals surface area contributed by atoms with Crippen LogP contribution >= 0.6 is 46.4 Å². The van der Waals surface area contributed by atoms with E-state index in [1.165, 1.54) is 25.7 Å². The first-order chi connectivity index (χ1) is 5.77. The molecular formula is C9H18Cl4. The van der Waals surface area contributed by atoms with E-state index in [4.69, 9.17) is 46.4 Å². The smallest absolute Gasteiger partial charge is 0.0664 e. The van der Waals surface area contributed by atoms with E-state index in [2.05, 4.69) is 20.8 Å². The molecule has 0 atom stereocenters. The second-order valence-corrected chi connectivity index (χ2v) is 6.75. The summed E-state index contributed by atoms with van der Waals surface area (Å²) in [7, 11) is 0. The molecule has 0 unspecified atom stereocenters. The van der Waals surface area contributed by atoms with Crippen molar-refractivity contribution < 1.29 is 0 Å². The number of unbranched alkanes of at least 4 members (excludes halogenated alkanes) is 2. The fraction of sp³-hybridized carbons (Fsp3) is 1.00. The summed E-state index contributed by atoms with van der Waals surface area (Å²) in [6.07, 6.45) is 5.60. The summed E-state index contributed by atoms with van der Waals surface area (Å²) in [5.74, 6) is 0.904. The van der Waals surface area contributed by atoms with Gasteiger partial charge in [-0.2, -0.15) is 0 Å². The predicted octanol–water partition coefficient (Wildman–Crippen LogP) is 5.78. The van der Waals surface area contributed by atoms with Gasteiger partial charge in [-0.15, -0.1) is 0 Å². The lowest BCUT2D eigenvalue weighted by Gasteiger charge is -2.00. The van der Waals surface area contributed by atoms with Crippen molar-refractivity contribution in [3.05, 3.63) is 0 Å². The highest BCUT2D eigenvalue weighted by Crippen LogP contribution is 2.29. The van der Waals surface area contributed by atoms with E-state index in [0.29, 0.717) is 0 Å². The summed E-state index contributed by atoms with van der Waals surface area (Å²) >= 11 is 19.3. The molecule has 0 fully saturated rings. The highest BCUT2D eigenvalue weighted by molar-refractivity contribution is 6.83. The molecule has 0 saturated carbocycles. The number of rotatable bonds is 4. The average molecular weight is 268 g/mol. The maximum atomic E-state index is 4.83. The minimum Gasteiger partial charge on any atom is -0.0664 e. The highest BCUT2D eigenvalue weighted by Gasteiger charge is 2.11. The van der Waals surface area contributed by atoms with Gasteiger partial charge in [0, 0.05) is 0 Å². The van der Waals surface area contributed by atoms with E-state index >= 15 is 0 Å². The lowest BCUT2D eigenvalue weighted by Crippen LogP contribution is -1.85. The minimum atomic E-state index is -1.61. The zero-order chi connectivity index (χ0) is 10.9. The van der Waals surface area contributed by atoms with Crippen LogP contribution in [0.1, 0.15) is 46.5 Å². The summed E-state index contributed by atoms with van der Waals surface area (Å²) in [4.78, 5) is 0. The van der Waals surface area contributed by atoms with Gasteiger partial charge in [0.1, 0.15) is 0 Å². The fourth-order valence-corrected chi connectivity index (χ4v) is 0.803. The summed E-state index contributed by atoms with van der Waals surface area (Å²) in [6, 6.07) is 0. The Morgan fingerprint density at radius 1 is 1.00 bits per heavy atom. The van der Waals surface area contributed by atoms with Crippen molar-refractivity contribution in [2.24, 2.45) is 5.92 Å². The Morgan fingerprint density at radius 2 is 1.38 bits per heavy atom. The molecule has 13 heavy (non-hydrogen) atoms. The third kappa shape index (κ3) is 43.2. The molecule has 0 saturated heterocycles. The van der Waals surface area contributed by atoms with Crippen molar-refractivity contribution in [3.8, 4) is 0 Å². The van der Waals surface area contributed by atoms with Crippen LogP contribution in [-0.4, -0.2) is 3.25 Å². The molecule has 0 aliphatic rings. The maximum Gasteiger partial charge on any atom is 0.266 e. The van der Waals surface area contributed by atoms with Crippen LogP contribution in [0.5, 0.6) is 0 Å². The van der Waals surface area contributed by atoms with Gasteiger partial charge in [0.05, 0.1) is 0 Å². The number of halogens is 4. The molecule has 0 aromatic heterocycles. The van der Waals surface area contributed by atoms with E-state index in [0.717, 1.165) is 5.92 Å². The van der Waals surface area contributed by atoms with Crippen molar-refractivity contribution in [3.63, 3.8) is 0 Å². The van der Waals surface area contributed by atoms with Crippen molar-refractivity contribution in [1.82, 2.24) is 0 Å². The standard InChI is InChI=1S/C8H18.CCl4/c1-4-5-6-7-8(2)3;2-1(3,4)5/h8H,4-7H2,1-3H3;. The van der Waals surface area contributed by atoms with Crippen LogP contribution < -0.4 is 0 Å². The molecule has 0 heterocycles. The van der Waals surface area contributed by atoms with Gasteiger partial charge in [-0.05, 0) is 5.92 Å². The highest BCUT2D eigenvalue weighted by atomic mass is 35.6. The lowest BCUT2D eigenvalue weighted by atomic mass is 10.1. The van der Waals surface area contributed by atoms with Gasteiger partial charge in [-0.3, -0.25) is 0 Å². The first-order valence-corrected chi connectivity index (χ1v) is 6.04. The van der Waals surface area contributed by atoms with Crippen molar-refractivity contribution in [2.45, 2.75) is 49.7 Å². The minimum absolute atomic E-state index is 0.904. The van der Waals surface area contributed by atoms with Gasteiger partial charge in [0.25, 0.3) is 3.25 Å². The van der Waals surface area contributed by atoms with Crippen LogP contribution in [0.15, 0.2) is 0 Å². The van der Waals surface area contributed by atoms with Gasteiger partial charge in [0.2, 0.25) is 0 Å². The molecule has 0 aliphatic heterocycles. The molecular weight excluding hydrogens is 250 g/mol. The Kier molecular flexibility index (Phi) is 12.4. The second-order valence-electron chi connectivity index (χ2n) is 3.32. The maximum absolute atomic E-state index is 4.83. The largest absolute Gasteiger partial charge is 0.266 e. The predicted molar refractivity (Wildman–Crippen MR) is 65.1 cm³/mol.